The van der Waals surface area contributed by atoms with Gasteiger partial charge in [-0.3, -0.25) is 10.1 Å². The molecule has 0 aliphatic rings. The quantitative estimate of drug-likeness (QED) is 0.660. The molecule has 0 saturated heterocycles. The Kier molecular flexibility index (Phi) is 6.03. The fourth-order valence-corrected chi connectivity index (χ4v) is 2.30. The van der Waals surface area contributed by atoms with E-state index in [1.165, 1.54) is 7.11 Å². The summed E-state index contributed by atoms with van der Waals surface area (Å²) in [5, 5.41) is 5.44. The smallest absolute Gasteiger partial charge is 0.333 e. The van der Waals surface area contributed by atoms with E-state index < -0.39 is 12.0 Å². The van der Waals surface area contributed by atoms with E-state index in [4.69, 9.17) is 17.0 Å². The van der Waals surface area contributed by atoms with Gasteiger partial charge in [0.25, 0.3) is 5.91 Å². The molecule has 0 aliphatic heterocycles. The Balaban J connectivity index is 2.06. The van der Waals surface area contributed by atoms with E-state index in [1.807, 2.05) is 25.1 Å². The number of esters is 1. The van der Waals surface area contributed by atoms with Crippen LogP contribution < -0.4 is 10.6 Å². The molecule has 0 heterocycles. The summed E-state index contributed by atoms with van der Waals surface area (Å²) in [6.07, 6.45) is 0. The molecular formula is C18H18N2O3S. The summed E-state index contributed by atoms with van der Waals surface area (Å²) < 4.78 is 4.80. The second-order valence-electron chi connectivity index (χ2n) is 5.16. The first-order chi connectivity index (χ1) is 11.5. The van der Waals surface area contributed by atoms with Crippen molar-refractivity contribution in [2.75, 3.05) is 7.11 Å². The fourth-order valence-electron chi connectivity index (χ4n) is 2.09. The molecule has 0 radical (unpaired) electrons. The molecule has 2 rings (SSSR count). The Labute approximate surface area is 146 Å². The van der Waals surface area contributed by atoms with Gasteiger partial charge in [-0.25, -0.2) is 4.79 Å². The fraction of sp³-hybridized carbons (Fsp3) is 0.167. The van der Waals surface area contributed by atoms with Crippen LogP contribution >= 0.6 is 12.2 Å². The van der Waals surface area contributed by atoms with Crippen molar-refractivity contribution >= 4 is 29.2 Å². The van der Waals surface area contributed by atoms with Crippen LogP contribution in [0.1, 0.15) is 27.5 Å². The van der Waals surface area contributed by atoms with Gasteiger partial charge in [0.15, 0.2) is 11.2 Å². The maximum Gasteiger partial charge on any atom is 0.333 e. The normalized spacial score (nSPS) is 11.2. The summed E-state index contributed by atoms with van der Waals surface area (Å²) in [5.74, 6) is -0.836. The zero-order chi connectivity index (χ0) is 17.5. The molecule has 6 heteroatoms. The highest BCUT2D eigenvalue weighted by Crippen LogP contribution is 2.14. The van der Waals surface area contributed by atoms with Crippen molar-refractivity contribution in [1.82, 2.24) is 10.6 Å². The molecule has 2 aromatic rings. The Bertz CT molecular complexity index is 730. The molecule has 1 amide bonds. The van der Waals surface area contributed by atoms with Crippen molar-refractivity contribution in [3.63, 3.8) is 0 Å². The largest absolute Gasteiger partial charge is 0.467 e. The predicted molar refractivity (Wildman–Crippen MR) is 95.6 cm³/mol. The number of benzene rings is 2. The number of amides is 1. The van der Waals surface area contributed by atoms with E-state index >= 15 is 0 Å². The van der Waals surface area contributed by atoms with Gasteiger partial charge in [-0.05, 0) is 36.8 Å². The first-order valence-corrected chi connectivity index (χ1v) is 7.73. The predicted octanol–water partition coefficient (Wildman–Crippen LogP) is 2.51. The van der Waals surface area contributed by atoms with Crippen LogP contribution in [0.25, 0.3) is 0 Å². The average molecular weight is 342 g/mol. The van der Waals surface area contributed by atoms with Gasteiger partial charge in [0.1, 0.15) is 0 Å². The number of rotatable bonds is 4. The van der Waals surface area contributed by atoms with E-state index in [-0.39, 0.29) is 11.0 Å². The molecule has 24 heavy (non-hydrogen) atoms. The first kappa shape index (κ1) is 17.6. The minimum absolute atomic E-state index is 0.0554. The van der Waals surface area contributed by atoms with Gasteiger partial charge in [0.2, 0.25) is 0 Å². The molecule has 0 saturated carbocycles. The zero-order valence-electron chi connectivity index (χ0n) is 13.4. The van der Waals surface area contributed by atoms with Gasteiger partial charge in [0.05, 0.1) is 7.11 Å². The Morgan fingerprint density at radius 2 is 1.67 bits per heavy atom. The third-order valence-corrected chi connectivity index (χ3v) is 3.61. The van der Waals surface area contributed by atoms with Gasteiger partial charge in [0, 0.05) is 5.56 Å². The number of hydrogen-bond donors (Lipinski definition) is 2. The molecule has 2 N–H and O–H groups in total. The SMILES string of the molecule is COC(=O)C(NC(=S)NC(=O)c1ccc(C)cc1)c1ccccc1. The summed E-state index contributed by atoms with van der Waals surface area (Å²) in [6, 6.07) is 15.3. The molecule has 0 spiro atoms. The van der Waals surface area contributed by atoms with E-state index in [0.29, 0.717) is 11.1 Å². The Hall–Kier alpha value is -2.73. The van der Waals surface area contributed by atoms with Gasteiger partial charge in [-0.1, -0.05) is 48.0 Å². The Morgan fingerprint density at radius 3 is 2.25 bits per heavy atom. The summed E-state index contributed by atoms with van der Waals surface area (Å²) in [7, 11) is 1.30. The minimum Gasteiger partial charge on any atom is -0.467 e. The van der Waals surface area contributed by atoms with Gasteiger partial charge < -0.3 is 10.1 Å². The number of thiocarbonyl (C=S) groups is 1. The topological polar surface area (TPSA) is 67.4 Å². The van der Waals surface area contributed by atoms with Gasteiger partial charge in [-0.15, -0.1) is 0 Å². The van der Waals surface area contributed by atoms with Crippen LogP contribution in [-0.2, 0) is 9.53 Å². The summed E-state index contributed by atoms with van der Waals surface area (Å²) in [5.41, 5.74) is 2.23. The zero-order valence-corrected chi connectivity index (χ0v) is 14.2. The van der Waals surface area contributed by atoms with Crippen molar-refractivity contribution in [2.24, 2.45) is 0 Å². The highest BCUT2D eigenvalue weighted by Gasteiger charge is 2.22. The molecule has 124 valence electrons. The number of aryl methyl sites for hydroxylation is 1. The summed E-state index contributed by atoms with van der Waals surface area (Å²) >= 11 is 5.15. The number of carbonyl (C=O) groups is 2. The first-order valence-electron chi connectivity index (χ1n) is 7.32. The number of nitrogens with one attached hydrogen (secondary N) is 2. The van der Waals surface area contributed by atoms with E-state index in [0.717, 1.165) is 5.56 Å². The number of carbonyl (C=O) groups excluding carboxylic acids is 2. The van der Waals surface area contributed by atoms with Crippen molar-refractivity contribution < 1.29 is 14.3 Å². The lowest BCUT2D eigenvalue weighted by Gasteiger charge is -2.18. The van der Waals surface area contributed by atoms with Crippen LogP contribution in [0.2, 0.25) is 0 Å². The van der Waals surface area contributed by atoms with E-state index in [2.05, 4.69) is 10.6 Å². The van der Waals surface area contributed by atoms with Crippen molar-refractivity contribution in [2.45, 2.75) is 13.0 Å². The molecule has 0 aromatic heterocycles. The number of hydrogen-bond acceptors (Lipinski definition) is 4. The van der Waals surface area contributed by atoms with Crippen LogP contribution in [0.4, 0.5) is 0 Å². The highest BCUT2D eigenvalue weighted by molar-refractivity contribution is 7.80. The molecule has 2 aromatic carbocycles. The number of ether oxygens (including phenoxy) is 1. The van der Waals surface area contributed by atoms with Crippen LogP contribution in [0.5, 0.6) is 0 Å². The maximum absolute atomic E-state index is 12.2. The number of methoxy groups -OCH3 is 1. The van der Waals surface area contributed by atoms with Crippen molar-refractivity contribution in [1.29, 1.82) is 0 Å². The third-order valence-electron chi connectivity index (χ3n) is 3.39. The molecule has 1 atom stereocenters. The van der Waals surface area contributed by atoms with Crippen LogP contribution in [0.3, 0.4) is 0 Å². The van der Waals surface area contributed by atoms with Crippen LogP contribution in [-0.4, -0.2) is 24.1 Å². The average Bonchev–Trinajstić information content (AvgIpc) is 2.60. The van der Waals surface area contributed by atoms with Crippen LogP contribution in [0, 0.1) is 6.92 Å². The van der Waals surface area contributed by atoms with E-state index in [9.17, 15) is 9.59 Å². The lowest BCUT2D eigenvalue weighted by Crippen LogP contribution is -2.43. The molecule has 5 nitrogen and oxygen atoms in total. The second-order valence-corrected chi connectivity index (χ2v) is 5.57. The summed E-state index contributed by atoms with van der Waals surface area (Å²) in [4.78, 5) is 24.2. The second kappa shape index (κ2) is 8.21. The van der Waals surface area contributed by atoms with Gasteiger partial charge >= 0.3 is 5.97 Å². The standard InChI is InChI=1S/C18H18N2O3S/c1-12-8-10-14(11-9-12)16(21)20-18(24)19-15(17(22)23-2)13-6-4-3-5-7-13/h3-11,15H,1-2H3,(H2,19,20,21,24). The highest BCUT2D eigenvalue weighted by atomic mass is 32.1. The van der Waals surface area contributed by atoms with Crippen molar-refractivity contribution in [3.8, 4) is 0 Å². The lowest BCUT2D eigenvalue weighted by atomic mass is 10.1. The molecule has 0 fully saturated rings. The third kappa shape index (κ3) is 4.63. The molecule has 0 aliphatic carbocycles. The van der Waals surface area contributed by atoms with E-state index in [1.54, 1.807) is 36.4 Å². The van der Waals surface area contributed by atoms with Crippen molar-refractivity contribution in [3.05, 3.63) is 71.3 Å². The summed E-state index contributed by atoms with van der Waals surface area (Å²) in [6.45, 7) is 1.94. The molecular weight excluding hydrogens is 324 g/mol. The monoisotopic (exact) mass is 342 g/mol. The van der Waals surface area contributed by atoms with Crippen LogP contribution in [0.15, 0.2) is 54.6 Å². The Morgan fingerprint density at radius 1 is 1.04 bits per heavy atom. The molecule has 1 unspecified atom stereocenters. The minimum atomic E-state index is -0.790. The lowest BCUT2D eigenvalue weighted by molar-refractivity contribution is -0.142. The maximum atomic E-state index is 12.2. The van der Waals surface area contributed by atoms with Gasteiger partial charge in [-0.2, -0.15) is 0 Å². The molecule has 0 bridgehead atoms.